The number of allylic oxidation sites excluding steroid dienone is 4. The van der Waals surface area contributed by atoms with E-state index in [0.717, 1.165) is 12.8 Å². The Hall–Kier alpha value is -4.04. The third-order valence-corrected chi connectivity index (χ3v) is 6.77. The van der Waals surface area contributed by atoms with Gasteiger partial charge in [0.05, 0.1) is 22.1 Å². The first-order chi connectivity index (χ1) is 15.9. The Bertz CT molecular complexity index is 1670. The summed E-state index contributed by atoms with van der Waals surface area (Å²) in [5, 5.41) is 5.20. The van der Waals surface area contributed by atoms with Crippen LogP contribution in [0, 0.1) is 0 Å². The van der Waals surface area contributed by atoms with Crippen LogP contribution < -0.4 is 0 Å². The van der Waals surface area contributed by atoms with Gasteiger partial charge in [-0.3, -0.25) is 0 Å². The number of hydrogen-bond donors (Lipinski definition) is 0. The maximum atomic E-state index is 2.45. The quantitative estimate of drug-likeness (QED) is 0.273. The highest BCUT2D eigenvalue weighted by atomic mass is 15.0. The molecule has 2 nitrogen and oxygen atoms in total. The monoisotopic (exact) mass is 410 g/mol. The minimum absolute atomic E-state index is 1.07. The van der Waals surface area contributed by atoms with E-state index < -0.39 is 0 Å². The molecule has 152 valence electrons. The predicted molar refractivity (Wildman–Crippen MR) is 136 cm³/mol. The number of hydrogen-bond acceptors (Lipinski definition) is 0. The van der Waals surface area contributed by atoms with Gasteiger partial charge in [-0.2, -0.15) is 0 Å². The molecule has 2 heteroatoms. The number of aromatic nitrogens is 2. The Labute approximate surface area is 186 Å². The Morgan fingerprint density at radius 1 is 0.531 bits per heavy atom. The first kappa shape index (κ1) is 17.6. The summed E-state index contributed by atoms with van der Waals surface area (Å²) in [6.07, 6.45) is 8.86. The Balaban J connectivity index is 1.57. The number of benzene rings is 4. The molecule has 0 saturated carbocycles. The van der Waals surface area contributed by atoms with Crippen molar-refractivity contribution in [3.63, 3.8) is 0 Å². The molecule has 0 amide bonds. The lowest BCUT2D eigenvalue weighted by Gasteiger charge is -2.14. The second-order valence-corrected chi connectivity index (χ2v) is 8.55. The van der Waals surface area contributed by atoms with Crippen molar-refractivity contribution in [2.24, 2.45) is 0 Å². The number of para-hydroxylation sites is 3. The summed E-state index contributed by atoms with van der Waals surface area (Å²) in [6.45, 7) is 0. The number of rotatable bonds is 2. The van der Waals surface area contributed by atoms with Gasteiger partial charge in [-0.05, 0) is 55.3 Å². The fourth-order valence-corrected chi connectivity index (χ4v) is 5.39. The van der Waals surface area contributed by atoms with Gasteiger partial charge in [0.15, 0.2) is 0 Å². The van der Waals surface area contributed by atoms with Gasteiger partial charge in [-0.15, -0.1) is 0 Å². The second kappa shape index (κ2) is 6.73. The SMILES string of the molecule is C1=CCCC(n2c3ccccc3c3cc(-n4c5ccccc5c5ccccc54)ccc32)=C1. The van der Waals surface area contributed by atoms with Crippen LogP contribution in [0.5, 0.6) is 0 Å². The topological polar surface area (TPSA) is 9.86 Å². The van der Waals surface area contributed by atoms with E-state index >= 15 is 0 Å². The van der Waals surface area contributed by atoms with E-state index in [0.29, 0.717) is 0 Å². The first-order valence-electron chi connectivity index (χ1n) is 11.3. The van der Waals surface area contributed by atoms with Crippen molar-refractivity contribution >= 4 is 49.3 Å². The molecular weight excluding hydrogens is 388 g/mol. The molecule has 0 atom stereocenters. The summed E-state index contributed by atoms with van der Waals surface area (Å²) in [5.74, 6) is 0. The first-order valence-corrected chi connectivity index (χ1v) is 11.3. The molecule has 0 aliphatic heterocycles. The number of nitrogens with zero attached hydrogens (tertiary/aromatic N) is 2. The summed E-state index contributed by atoms with van der Waals surface area (Å²) < 4.78 is 4.85. The average molecular weight is 411 g/mol. The normalized spacial score (nSPS) is 14.1. The molecule has 0 saturated heterocycles. The highest BCUT2D eigenvalue weighted by molar-refractivity contribution is 6.12. The lowest BCUT2D eigenvalue weighted by atomic mass is 10.1. The molecule has 0 fully saturated rings. The van der Waals surface area contributed by atoms with Crippen LogP contribution in [0.15, 0.2) is 109 Å². The predicted octanol–water partition coefficient (Wildman–Crippen LogP) is 8.08. The van der Waals surface area contributed by atoms with E-state index in [9.17, 15) is 0 Å². The third-order valence-electron chi connectivity index (χ3n) is 6.77. The molecule has 0 spiro atoms. The van der Waals surface area contributed by atoms with Gasteiger partial charge in [0, 0.05) is 32.9 Å². The molecule has 4 aromatic carbocycles. The van der Waals surface area contributed by atoms with Crippen LogP contribution in [0.2, 0.25) is 0 Å². The van der Waals surface area contributed by atoms with Crippen LogP contribution in [0.25, 0.3) is 55.0 Å². The molecule has 32 heavy (non-hydrogen) atoms. The number of fused-ring (bicyclic) bond motifs is 6. The Morgan fingerprint density at radius 2 is 1.09 bits per heavy atom. The lowest BCUT2D eigenvalue weighted by molar-refractivity contribution is 0.979. The molecule has 7 rings (SSSR count). The molecule has 0 radical (unpaired) electrons. The van der Waals surface area contributed by atoms with Gasteiger partial charge in [-0.25, -0.2) is 0 Å². The van der Waals surface area contributed by atoms with Crippen molar-refractivity contribution in [1.29, 1.82) is 0 Å². The zero-order valence-electron chi connectivity index (χ0n) is 17.7. The van der Waals surface area contributed by atoms with Gasteiger partial charge in [0.1, 0.15) is 0 Å². The van der Waals surface area contributed by atoms with Crippen LogP contribution in [0.1, 0.15) is 12.8 Å². The van der Waals surface area contributed by atoms with Crippen molar-refractivity contribution < 1.29 is 0 Å². The van der Waals surface area contributed by atoms with Gasteiger partial charge >= 0.3 is 0 Å². The van der Waals surface area contributed by atoms with Crippen molar-refractivity contribution in [3.8, 4) is 5.69 Å². The summed E-state index contributed by atoms with van der Waals surface area (Å²) >= 11 is 0. The minimum Gasteiger partial charge on any atom is -0.313 e. The molecule has 6 aromatic rings. The standard InChI is InChI=1S/C30H22N2/c1-2-10-21(11-3-1)31-29-17-9-6-14-25(29)26-20-22(18-19-30(26)31)32-27-15-7-4-12-23(27)24-13-5-8-16-28(24)32/h1-2,4-10,12-20H,3,11H2. The summed E-state index contributed by atoms with van der Waals surface area (Å²) in [6, 6.07) is 33.1. The van der Waals surface area contributed by atoms with Crippen molar-refractivity contribution in [2.75, 3.05) is 0 Å². The fraction of sp³-hybridized carbons (Fsp3) is 0.0667. The van der Waals surface area contributed by atoms with Crippen LogP contribution in [0.3, 0.4) is 0 Å². The zero-order chi connectivity index (χ0) is 21.1. The summed E-state index contributed by atoms with van der Waals surface area (Å²) in [5.41, 5.74) is 7.62. The Kier molecular flexibility index (Phi) is 3.71. The smallest absolute Gasteiger partial charge is 0.0541 e. The molecule has 2 heterocycles. The van der Waals surface area contributed by atoms with E-state index in [-0.39, 0.29) is 0 Å². The highest BCUT2D eigenvalue weighted by Gasteiger charge is 2.16. The summed E-state index contributed by atoms with van der Waals surface area (Å²) in [4.78, 5) is 0. The van der Waals surface area contributed by atoms with Crippen molar-refractivity contribution in [1.82, 2.24) is 9.13 Å². The van der Waals surface area contributed by atoms with Crippen LogP contribution >= 0.6 is 0 Å². The van der Waals surface area contributed by atoms with E-state index in [1.54, 1.807) is 0 Å². The lowest BCUT2D eigenvalue weighted by Crippen LogP contribution is -1.99. The third kappa shape index (κ3) is 2.41. The van der Waals surface area contributed by atoms with E-state index in [1.807, 2.05) is 0 Å². The fourth-order valence-electron chi connectivity index (χ4n) is 5.39. The summed E-state index contributed by atoms with van der Waals surface area (Å²) in [7, 11) is 0. The largest absolute Gasteiger partial charge is 0.313 e. The van der Waals surface area contributed by atoms with Gasteiger partial charge in [0.2, 0.25) is 0 Å². The molecule has 0 N–H and O–H groups in total. The molecule has 0 unspecified atom stereocenters. The molecule has 0 bridgehead atoms. The van der Waals surface area contributed by atoms with Gasteiger partial charge in [0.25, 0.3) is 0 Å². The van der Waals surface area contributed by atoms with Crippen LogP contribution in [0.4, 0.5) is 0 Å². The maximum Gasteiger partial charge on any atom is 0.0541 e. The van der Waals surface area contributed by atoms with Crippen LogP contribution in [-0.2, 0) is 0 Å². The zero-order valence-corrected chi connectivity index (χ0v) is 17.7. The van der Waals surface area contributed by atoms with Crippen LogP contribution in [-0.4, -0.2) is 9.13 Å². The maximum absolute atomic E-state index is 2.45. The highest BCUT2D eigenvalue weighted by Crippen LogP contribution is 2.37. The average Bonchev–Trinajstić information content (AvgIpc) is 3.37. The van der Waals surface area contributed by atoms with Crippen molar-refractivity contribution in [3.05, 3.63) is 109 Å². The van der Waals surface area contributed by atoms with E-state index in [2.05, 4.69) is 118 Å². The van der Waals surface area contributed by atoms with Gasteiger partial charge < -0.3 is 9.13 Å². The molecule has 1 aliphatic rings. The molecule has 2 aromatic heterocycles. The van der Waals surface area contributed by atoms with E-state index in [1.165, 1.54) is 55.0 Å². The molecular formula is C30H22N2. The minimum atomic E-state index is 1.07. The molecule has 1 aliphatic carbocycles. The van der Waals surface area contributed by atoms with E-state index in [4.69, 9.17) is 0 Å². The Morgan fingerprint density at radius 3 is 1.72 bits per heavy atom. The van der Waals surface area contributed by atoms with Crippen molar-refractivity contribution in [2.45, 2.75) is 12.8 Å². The van der Waals surface area contributed by atoms with Gasteiger partial charge in [-0.1, -0.05) is 66.7 Å². The second-order valence-electron chi connectivity index (χ2n) is 8.55.